The van der Waals surface area contributed by atoms with Crippen molar-refractivity contribution in [2.75, 3.05) is 31.7 Å². The molecule has 0 bridgehead atoms. The number of methoxy groups -OCH3 is 1. The van der Waals surface area contributed by atoms with E-state index in [9.17, 15) is 9.50 Å². The predicted octanol–water partition coefficient (Wildman–Crippen LogP) is 0.935. The number of aryl methyl sites for hydroxylation is 1. The van der Waals surface area contributed by atoms with Crippen LogP contribution in [0.4, 0.5) is 10.3 Å². The summed E-state index contributed by atoms with van der Waals surface area (Å²) in [5.74, 6) is -0.221. The van der Waals surface area contributed by atoms with Crippen LogP contribution < -0.4 is 9.64 Å². The Morgan fingerprint density at radius 3 is 2.83 bits per heavy atom. The van der Waals surface area contributed by atoms with Crippen molar-refractivity contribution in [2.45, 2.75) is 12.8 Å². The van der Waals surface area contributed by atoms with Crippen LogP contribution in [0.5, 0.6) is 5.88 Å². The molecule has 0 saturated carbocycles. The van der Waals surface area contributed by atoms with Gasteiger partial charge < -0.3 is 14.7 Å². The molecule has 8 heteroatoms. The number of aromatic nitrogens is 4. The smallest absolute Gasteiger partial charge is 0.255 e. The molecule has 1 aliphatic rings. The summed E-state index contributed by atoms with van der Waals surface area (Å²) in [5, 5.41) is 9.66. The van der Waals surface area contributed by atoms with Gasteiger partial charge in [-0.25, -0.2) is 4.98 Å². The third kappa shape index (κ3) is 2.94. The molecule has 3 rings (SSSR count). The average Bonchev–Trinajstić information content (AvgIpc) is 3.02. The van der Waals surface area contributed by atoms with E-state index in [1.54, 1.807) is 25.5 Å². The molecule has 1 fully saturated rings. The highest BCUT2D eigenvalue weighted by Gasteiger charge is 2.36. The van der Waals surface area contributed by atoms with Gasteiger partial charge in [0.25, 0.3) is 5.88 Å². The van der Waals surface area contributed by atoms with E-state index in [-0.39, 0.29) is 30.0 Å². The van der Waals surface area contributed by atoms with Gasteiger partial charge in [-0.05, 0) is 6.92 Å². The highest BCUT2D eigenvalue weighted by Crippen LogP contribution is 2.33. The molecule has 7 nitrogen and oxygen atoms in total. The Morgan fingerprint density at radius 1 is 1.35 bits per heavy atom. The third-order valence-corrected chi connectivity index (χ3v) is 4.09. The number of ether oxygens (including phenoxy) is 1. The fourth-order valence-electron chi connectivity index (χ4n) is 2.85. The standard InChI is InChI=1S/C15H18FN5O2/c1-9-13(16)14(23-2)20-15(19-9)21-6-10(8-22)11(7-21)12-5-17-3-4-18-12/h3-5,10-11,22H,6-8H2,1-2H3. The van der Waals surface area contributed by atoms with Crippen molar-refractivity contribution < 1.29 is 14.2 Å². The number of rotatable bonds is 4. The summed E-state index contributed by atoms with van der Waals surface area (Å²) in [6, 6.07) is 0. The van der Waals surface area contributed by atoms with Crippen LogP contribution in [0.2, 0.25) is 0 Å². The molecule has 0 aliphatic carbocycles. The van der Waals surface area contributed by atoms with Crippen LogP contribution in [0.25, 0.3) is 0 Å². The van der Waals surface area contributed by atoms with E-state index in [0.29, 0.717) is 19.0 Å². The van der Waals surface area contributed by atoms with Crippen LogP contribution in [0.1, 0.15) is 17.3 Å². The Labute approximate surface area is 133 Å². The Kier molecular flexibility index (Phi) is 4.33. The highest BCUT2D eigenvalue weighted by atomic mass is 19.1. The van der Waals surface area contributed by atoms with E-state index in [2.05, 4.69) is 19.9 Å². The largest absolute Gasteiger partial charge is 0.479 e. The summed E-state index contributed by atoms with van der Waals surface area (Å²) in [6.07, 6.45) is 4.95. The number of aliphatic hydroxyl groups is 1. The van der Waals surface area contributed by atoms with Gasteiger partial charge in [-0.3, -0.25) is 9.97 Å². The lowest BCUT2D eigenvalue weighted by atomic mass is 9.94. The molecule has 0 radical (unpaired) electrons. The highest BCUT2D eigenvalue weighted by molar-refractivity contribution is 5.38. The Hall–Kier alpha value is -2.35. The van der Waals surface area contributed by atoms with Crippen molar-refractivity contribution in [2.24, 2.45) is 5.92 Å². The average molecular weight is 319 g/mol. The van der Waals surface area contributed by atoms with Crippen LogP contribution in [0.3, 0.4) is 0 Å². The van der Waals surface area contributed by atoms with Gasteiger partial charge in [-0.15, -0.1) is 0 Å². The molecule has 1 aliphatic heterocycles. The Morgan fingerprint density at radius 2 is 2.17 bits per heavy atom. The molecule has 2 aromatic heterocycles. The van der Waals surface area contributed by atoms with Crippen molar-refractivity contribution in [3.8, 4) is 5.88 Å². The fourth-order valence-corrected chi connectivity index (χ4v) is 2.85. The van der Waals surface area contributed by atoms with Crippen molar-refractivity contribution in [3.63, 3.8) is 0 Å². The van der Waals surface area contributed by atoms with Crippen molar-refractivity contribution in [1.82, 2.24) is 19.9 Å². The van der Waals surface area contributed by atoms with E-state index >= 15 is 0 Å². The summed E-state index contributed by atoms with van der Waals surface area (Å²) in [7, 11) is 1.37. The Bertz CT molecular complexity index is 685. The number of nitrogens with zero attached hydrogens (tertiary/aromatic N) is 5. The molecule has 1 saturated heterocycles. The van der Waals surface area contributed by atoms with Crippen LogP contribution in [0.15, 0.2) is 18.6 Å². The minimum atomic E-state index is -0.556. The van der Waals surface area contributed by atoms with Crippen LogP contribution in [-0.2, 0) is 0 Å². The van der Waals surface area contributed by atoms with E-state index in [1.165, 1.54) is 7.11 Å². The van der Waals surface area contributed by atoms with Gasteiger partial charge in [0.1, 0.15) is 0 Å². The quantitative estimate of drug-likeness (QED) is 0.897. The first-order chi connectivity index (χ1) is 11.1. The topological polar surface area (TPSA) is 84.3 Å². The van der Waals surface area contributed by atoms with Gasteiger partial charge in [0.15, 0.2) is 0 Å². The minimum Gasteiger partial charge on any atom is -0.479 e. The second-order valence-electron chi connectivity index (χ2n) is 5.52. The van der Waals surface area contributed by atoms with Gasteiger partial charge in [-0.2, -0.15) is 9.37 Å². The zero-order valence-corrected chi connectivity index (χ0v) is 13.0. The van der Waals surface area contributed by atoms with Crippen molar-refractivity contribution in [3.05, 3.63) is 35.8 Å². The van der Waals surface area contributed by atoms with Gasteiger partial charge in [0.2, 0.25) is 11.8 Å². The summed E-state index contributed by atoms with van der Waals surface area (Å²) < 4.78 is 18.8. The first-order valence-corrected chi connectivity index (χ1v) is 7.34. The normalized spacial score (nSPS) is 20.8. The molecular weight excluding hydrogens is 301 g/mol. The molecular formula is C15H18FN5O2. The first-order valence-electron chi connectivity index (χ1n) is 7.34. The molecule has 1 N–H and O–H groups in total. The molecule has 3 heterocycles. The van der Waals surface area contributed by atoms with Crippen LogP contribution in [0, 0.1) is 18.7 Å². The maximum absolute atomic E-state index is 13.8. The molecule has 2 atom stereocenters. The monoisotopic (exact) mass is 319 g/mol. The molecule has 0 spiro atoms. The van der Waals surface area contributed by atoms with Crippen LogP contribution >= 0.6 is 0 Å². The zero-order valence-electron chi connectivity index (χ0n) is 13.0. The number of hydrogen-bond donors (Lipinski definition) is 1. The number of halogens is 1. The molecule has 2 aromatic rings. The summed E-state index contributed by atoms with van der Waals surface area (Å²) in [4.78, 5) is 18.7. The summed E-state index contributed by atoms with van der Waals surface area (Å²) in [6.45, 7) is 2.74. The summed E-state index contributed by atoms with van der Waals surface area (Å²) in [5.41, 5.74) is 1.05. The minimum absolute atomic E-state index is 0.00773. The predicted molar refractivity (Wildman–Crippen MR) is 80.8 cm³/mol. The molecule has 0 amide bonds. The van der Waals surface area contributed by atoms with E-state index in [0.717, 1.165) is 5.69 Å². The van der Waals surface area contributed by atoms with Gasteiger partial charge in [0, 0.05) is 50.1 Å². The Balaban J connectivity index is 1.89. The third-order valence-electron chi connectivity index (χ3n) is 4.09. The number of aliphatic hydroxyl groups excluding tert-OH is 1. The first kappa shape index (κ1) is 15.5. The maximum atomic E-state index is 13.8. The zero-order chi connectivity index (χ0) is 16.4. The lowest BCUT2D eigenvalue weighted by molar-refractivity contribution is 0.226. The van der Waals surface area contributed by atoms with E-state index < -0.39 is 5.82 Å². The lowest BCUT2D eigenvalue weighted by Gasteiger charge is -2.17. The van der Waals surface area contributed by atoms with Crippen molar-refractivity contribution >= 4 is 5.95 Å². The molecule has 0 aromatic carbocycles. The maximum Gasteiger partial charge on any atom is 0.255 e. The molecule has 122 valence electrons. The lowest BCUT2D eigenvalue weighted by Crippen LogP contribution is -2.23. The van der Waals surface area contributed by atoms with Crippen LogP contribution in [-0.4, -0.2) is 51.8 Å². The van der Waals surface area contributed by atoms with Gasteiger partial charge >= 0.3 is 0 Å². The molecule has 23 heavy (non-hydrogen) atoms. The second kappa shape index (κ2) is 6.41. The molecule has 2 unspecified atom stereocenters. The van der Waals surface area contributed by atoms with E-state index in [1.807, 2.05) is 4.90 Å². The fraction of sp³-hybridized carbons (Fsp3) is 0.467. The van der Waals surface area contributed by atoms with Crippen molar-refractivity contribution in [1.29, 1.82) is 0 Å². The number of hydrogen-bond acceptors (Lipinski definition) is 7. The number of anilines is 1. The van der Waals surface area contributed by atoms with Gasteiger partial charge in [-0.1, -0.05) is 0 Å². The van der Waals surface area contributed by atoms with E-state index in [4.69, 9.17) is 4.74 Å². The second-order valence-corrected chi connectivity index (χ2v) is 5.52. The van der Waals surface area contributed by atoms with Gasteiger partial charge in [0.05, 0.1) is 18.5 Å². The summed E-state index contributed by atoms with van der Waals surface area (Å²) >= 11 is 0. The SMILES string of the molecule is COc1nc(N2CC(CO)C(c3cnccn3)C2)nc(C)c1F.